The largest absolute Gasteiger partial charge is 0.432 e. The van der Waals surface area contributed by atoms with E-state index in [2.05, 4.69) is 10.3 Å². The van der Waals surface area contributed by atoms with Crippen LogP contribution in [-0.4, -0.2) is 48.6 Å². The number of aromatic nitrogens is 1. The molecule has 0 saturated heterocycles. The van der Waals surface area contributed by atoms with Crippen molar-refractivity contribution in [3.05, 3.63) is 52.3 Å². The lowest BCUT2D eigenvalue weighted by atomic mass is 10.0. The molecule has 0 unspecified atom stereocenters. The molecule has 1 aliphatic rings. The first-order valence-electron chi connectivity index (χ1n) is 8.03. The zero-order valence-electron chi connectivity index (χ0n) is 14.3. The number of fused-ring (bicyclic) bond motifs is 1. The van der Waals surface area contributed by atoms with Crippen LogP contribution in [0.15, 0.2) is 34.4 Å². The number of nitrogens with zero attached hydrogens (tertiary/aromatic N) is 2. The molecule has 1 aromatic heterocycles. The van der Waals surface area contributed by atoms with Crippen molar-refractivity contribution in [2.24, 2.45) is 0 Å². The molecule has 26 heavy (non-hydrogen) atoms. The van der Waals surface area contributed by atoms with Crippen LogP contribution in [0.5, 0.6) is 0 Å². The molecule has 0 spiro atoms. The summed E-state index contributed by atoms with van der Waals surface area (Å²) in [6, 6.07) is 4.12. The van der Waals surface area contributed by atoms with E-state index in [4.69, 9.17) is 16.0 Å². The van der Waals surface area contributed by atoms with E-state index in [1.807, 2.05) is 19.0 Å². The lowest BCUT2D eigenvalue weighted by Crippen LogP contribution is -2.28. The molecule has 3 rings (SSSR count). The summed E-state index contributed by atoms with van der Waals surface area (Å²) < 4.78 is 19.5. The molecule has 136 valence electrons. The maximum absolute atomic E-state index is 14.1. The number of halogens is 2. The summed E-state index contributed by atoms with van der Waals surface area (Å²) in [5.74, 6) is -2.01. The van der Waals surface area contributed by atoms with Crippen LogP contribution in [0.1, 0.15) is 27.5 Å². The van der Waals surface area contributed by atoms with E-state index in [0.717, 1.165) is 13.0 Å². The number of nitrogens with one attached hydrogen (secondary N) is 1. The van der Waals surface area contributed by atoms with Gasteiger partial charge in [-0.05, 0) is 39.2 Å². The second-order valence-electron chi connectivity index (χ2n) is 6.13. The number of hydrogen-bond donors (Lipinski definition) is 1. The van der Waals surface area contributed by atoms with E-state index >= 15 is 0 Å². The molecule has 2 aromatic rings. The van der Waals surface area contributed by atoms with Gasteiger partial charge in [0, 0.05) is 12.6 Å². The quantitative estimate of drug-likeness (QED) is 0.780. The first-order valence-corrected chi connectivity index (χ1v) is 8.41. The van der Waals surface area contributed by atoms with Gasteiger partial charge in [0.2, 0.25) is 23.2 Å². The number of benzene rings is 1. The molecule has 1 aromatic carbocycles. The van der Waals surface area contributed by atoms with Gasteiger partial charge < -0.3 is 14.6 Å². The van der Waals surface area contributed by atoms with Crippen LogP contribution in [0.25, 0.3) is 11.5 Å². The average molecular weight is 378 g/mol. The van der Waals surface area contributed by atoms with E-state index in [0.29, 0.717) is 6.54 Å². The Bertz CT molecular complexity index is 885. The van der Waals surface area contributed by atoms with Gasteiger partial charge >= 0.3 is 0 Å². The monoisotopic (exact) mass is 377 g/mol. The molecular formula is C18H17ClFN3O3. The number of rotatable bonds is 6. The van der Waals surface area contributed by atoms with Crippen molar-refractivity contribution in [2.75, 3.05) is 27.2 Å². The van der Waals surface area contributed by atoms with Gasteiger partial charge in [0.25, 0.3) is 0 Å². The molecule has 0 amide bonds. The molecule has 0 radical (unpaired) electrons. The lowest BCUT2D eigenvalue weighted by molar-refractivity contribution is 0.0956. The Labute approximate surface area is 154 Å². The number of hydrogen-bond acceptors (Lipinski definition) is 6. The predicted octanol–water partition coefficient (Wildman–Crippen LogP) is 2.94. The third-order valence-electron chi connectivity index (χ3n) is 3.86. The normalized spacial score (nSPS) is 13.8. The minimum atomic E-state index is -0.647. The molecule has 0 bridgehead atoms. The summed E-state index contributed by atoms with van der Waals surface area (Å²) in [6.45, 7) is 1.37. The molecule has 8 heteroatoms. The topological polar surface area (TPSA) is 75.4 Å². The van der Waals surface area contributed by atoms with Gasteiger partial charge in [-0.15, -0.1) is 0 Å². The summed E-state index contributed by atoms with van der Waals surface area (Å²) in [5, 5.41) is 3.03. The fourth-order valence-corrected chi connectivity index (χ4v) is 2.83. The van der Waals surface area contributed by atoms with Crippen LogP contribution in [0, 0.1) is 5.82 Å². The summed E-state index contributed by atoms with van der Waals surface area (Å²) in [6.07, 6.45) is 1.99. The van der Waals surface area contributed by atoms with Crippen molar-refractivity contribution in [3.8, 4) is 11.5 Å². The zero-order chi connectivity index (χ0) is 18.8. The van der Waals surface area contributed by atoms with E-state index in [-0.39, 0.29) is 33.6 Å². The number of ketones is 2. The smallest absolute Gasteiger partial charge is 0.246 e. The van der Waals surface area contributed by atoms with E-state index in [1.54, 1.807) is 0 Å². The zero-order valence-corrected chi connectivity index (χ0v) is 15.1. The average Bonchev–Trinajstić information content (AvgIpc) is 3.01. The van der Waals surface area contributed by atoms with Crippen molar-refractivity contribution in [2.45, 2.75) is 6.42 Å². The van der Waals surface area contributed by atoms with Crippen LogP contribution < -0.4 is 5.32 Å². The van der Waals surface area contributed by atoms with Crippen LogP contribution in [-0.2, 0) is 0 Å². The van der Waals surface area contributed by atoms with Gasteiger partial charge in [-0.2, -0.15) is 0 Å². The molecule has 0 fully saturated rings. The molecule has 0 saturated carbocycles. The minimum absolute atomic E-state index is 0.0790. The van der Waals surface area contributed by atoms with Gasteiger partial charge in [-0.3, -0.25) is 9.59 Å². The van der Waals surface area contributed by atoms with Crippen LogP contribution >= 0.6 is 11.6 Å². The Morgan fingerprint density at radius 1 is 1.31 bits per heavy atom. The second kappa shape index (κ2) is 7.39. The van der Waals surface area contributed by atoms with Crippen molar-refractivity contribution >= 4 is 23.2 Å². The first-order chi connectivity index (χ1) is 12.4. The molecule has 0 atom stereocenters. The fraction of sp³-hybridized carbons (Fsp3) is 0.278. The van der Waals surface area contributed by atoms with E-state index in [1.165, 1.54) is 24.3 Å². The Balaban J connectivity index is 1.85. The molecule has 0 aliphatic heterocycles. The summed E-state index contributed by atoms with van der Waals surface area (Å²) in [7, 11) is 3.90. The Kier molecular flexibility index (Phi) is 5.20. The number of Topliss-reactive ketones (excluding diaryl/α,β-unsaturated/α-hetero) is 1. The maximum Gasteiger partial charge on any atom is 0.246 e. The van der Waals surface area contributed by atoms with Crippen LogP contribution in [0.4, 0.5) is 4.39 Å². The Morgan fingerprint density at radius 2 is 2.08 bits per heavy atom. The van der Waals surface area contributed by atoms with Crippen molar-refractivity contribution in [3.63, 3.8) is 0 Å². The van der Waals surface area contributed by atoms with E-state index < -0.39 is 17.4 Å². The van der Waals surface area contributed by atoms with Gasteiger partial charge in [-0.25, -0.2) is 9.37 Å². The van der Waals surface area contributed by atoms with Gasteiger partial charge in [0.05, 0.1) is 16.3 Å². The molecule has 1 heterocycles. The minimum Gasteiger partial charge on any atom is -0.432 e. The lowest BCUT2D eigenvalue weighted by Gasteiger charge is -2.13. The number of carbonyl (C=O) groups excluding carboxylic acids is 2. The number of allylic oxidation sites excluding steroid dienone is 2. The summed E-state index contributed by atoms with van der Waals surface area (Å²) in [5.41, 5.74) is -0.0728. The van der Waals surface area contributed by atoms with Crippen molar-refractivity contribution < 1.29 is 18.4 Å². The number of carbonyl (C=O) groups is 2. The molecular weight excluding hydrogens is 361 g/mol. The Morgan fingerprint density at radius 3 is 2.77 bits per heavy atom. The predicted molar refractivity (Wildman–Crippen MR) is 94.8 cm³/mol. The highest BCUT2D eigenvalue weighted by atomic mass is 35.5. The highest BCUT2D eigenvalue weighted by Gasteiger charge is 2.33. The SMILES string of the molecule is CN(C)CCCNC1=CC(=O)c2nc(-c3c(F)cccc3Cl)oc2C1=O. The van der Waals surface area contributed by atoms with Gasteiger partial charge in [0.15, 0.2) is 5.69 Å². The highest BCUT2D eigenvalue weighted by molar-refractivity contribution is 6.33. The fourth-order valence-electron chi connectivity index (χ4n) is 2.59. The first kappa shape index (κ1) is 18.3. The summed E-state index contributed by atoms with van der Waals surface area (Å²) in [4.78, 5) is 30.8. The van der Waals surface area contributed by atoms with Gasteiger partial charge in [-0.1, -0.05) is 17.7 Å². The van der Waals surface area contributed by atoms with Gasteiger partial charge in [0.1, 0.15) is 5.82 Å². The third-order valence-corrected chi connectivity index (χ3v) is 4.18. The van der Waals surface area contributed by atoms with Crippen LogP contribution in [0.3, 0.4) is 0 Å². The molecule has 1 aliphatic carbocycles. The standard InChI is InChI=1S/C18H17ClFN3O3/c1-23(2)8-4-7-21-12-9-13(24)15-17(16(12)25)26-18(22-15)14-10(19)5-3-6-11(14)20/h3,5-6,9,21H,4,7-8H2,1-2H3. The maximum atomic E-state index is 14.1. The second-order valence-corrected chi connectivity index (χ2v) is 6.54. The van der Waals surface area contributed by atoms with Crippen molar-refractivity contribution in [1.82, 2.24) is 15.2 Å². The highest BCUT2D eigenvalue weighted by Crippen LogP contribution is 2.33. The molecule has 1 N–H and O–H groups in total. The number of oxazole rings is 1. The third kappa shape index (κ3) is 3.54. The van der Waals surface area contributed by atoms with Crippen LogP contribution in [0.2, 0.25) is 5.02 Å². The summed E-state index contributed by atoms with van der Waals surface area (Å²) >= 11 is 6.00. The molecule has 6 nitrogen and oxygen atoms in total. The Hall–Kier alpha value is -2.51. The van der Waals surface area contributed by atoms with E-state index in [9.17, 15) is 14.0 Å². The van der Waals surface area contributed by atoms with Crippen molar-refractivity contribution in [1.29, 1.82) is 0 Å².